The summed E-state index contributed by atoms with van der Waals surface area (Å²) in [4.78, 5) is 8.06. The maximum atomic E-state index is 4.58. The second-order valence-electron chi connectivity index (χ2n) is 6.19. The van der Waals surface area contributed by atoms with Crippen LogP contribution in [0.1, 0.15) is 25.2 Å². The number of fused-ring (bicyclic) bond motifs is 1. The molecule has 2 atom stereocenters. The first-order valence-corrected chi connectivity index (χ1v) is 8.46. The maximum absolute atomic E-state index is 4.58. The summed E-state index contributed by atoms with van der Waals surface area (Å²) in [6.45, 7) is 3.35. The van der Waals surface area contributed by atoms with Crippen LogP contribution in [0.4, 0.5) is 0 Å². The van der Waals surface area contributed by atoms with Gasteiger partial charge in [0.25, 0.3) is 0 Å². The van der Waals surface area contributed by atoms with Crippen molar-refractivity contribution in [3.63, 3.8) is 0 Å². The van der Waals surface area contributed by atoms with Gasteiger partial charge in [-0.15, -0.1) is 0 Å². The van der Waals surface area contributed by atoms with Gasteiger partial charge >= 0.3 is 0 Å². The second kappa shape index (κ2) is 5.52. The molecule has 112 valence electrons. The largest absolute Gasteiger partial charge is 0.341 e. The van der Waals surface area contributed by atoms with Crippen LogP contribution in [-0.4, -0.2) is 16.5 Å². The number of hydrogen-bond acceptors (Lipinski definition) is 2. The van der Waals surface area contributed by atoms with Gasteiger partial charge in [-0.2, -0.15) is 0 Å². The molecule has 3 nitrogen and oxygen atoms in total. The van der Waals surface area contributed by atoms with Gasteiger partial charge in [-0.25, -0.2) is 4.98 Å². The summed E-state index contributed by atoms with van der Waals surface area (Å²) >= 11 is 3.52. The van der Waals surface area contributed by atoms with Crippen LogP contribution < -0.4 is 5.32 Å². The van der Waals surface area contributed by atoms with Gasteiger partial charge in [0.1, 0.15) is 5.82 Å². The van der Waals surface area contributed by atoms with E-state index in [1.165, 1.54) is 16.3 Å². The van der Waals surface area contributed by atoms with E-state index in [2.05, 4.69) is 74.5 Å². The van der Waals surface area contributed by atoms with Crippen LogP contribution in [0, 0.1) is 5.92 Å². The van der Waals surface area contributed by atoms with Gasteiger partial charge in [-0.1, -0.05) is 41.1 Å². The molecule has 1 aliphatic rings. The Morgan fingerprint density at radius 1 is 1.14 bits per heavy atom. The van der Waals surface area contributed by atoms with Crippen molar-refractivity contribution in [2.45, 2.75) is 19.4 Å². The number of halogens is 1. The Hall–Kier alpha value is -1.65. The van der Waals surface area contributed by atoms with Crippen LogP contribution in [0.5, 0.6) is 0 Å². The van der Waals surface area contributed by atoms with Crippen molar-refractivity contribution in [3.05, 3.63) is 52.9 Å². The molecule has 4 rings (SSSR count). The number of rotatable bonds is 2. The Morgan fingerprint density at radius 2 is 1.95 bits per heavy atom. The molecule has 22 heavy (non-hydrogen) atoms. The number of benzene rings is 2. The van der Waals surface area contributed by atoms with Crippen molar-refractivity contribution >= 4 is 26.7 Å². The minimum atomic E-state index is 0.361. The number of aromatic nitrogens is 2. The fourth-order valence-corrected chi connectivity index (χ4v) is 3.54. The Balaban J connectivity index is 1.67. The van der Waals surface area contributed by atoms with Crippen molar-refractivity contribution in [3.8, 4) is 11.3 Å². The van der Waals surface area contributed by atoms with Gasteiger partial charge in [0, 0.05) is 10.0 Å². The third-order valence-corrected chi connectivity index (χ3v) is 4.88. The number of imidazole rings is 1. The lowest BCUT2D eigenvalue weighted by Crippen LogP contribution is -2.14. The zero-order valence-electron chi connectivity index (χ0n) is 12.4. The van der Waals surface area contributed by atoms with Crippen LogP contribution in [0.2, 0.25) is 0 Å². The minimum Gasteiger partial charge on any atom is -0.341 e. The molecule has 1 aromatic heterocycles. The van der Waals surface area contributed by atoms with E-state index in [1.54, 1.807) is 0 Å². The van der Waals surface area contributed by atoms with Crippen molar-refractivity contribution in [2.24, 2.45) is 5.92 Å². The highest BCUT2D eigenvalue weighted by Crippen LogP contribution is 2.29. The molecule has 3 aromatic rings. The standard InChI is InChI=1S/C18H18BrN3/c1-11-6-16(20-9-11)18-21-10-17(22-18)14-3-2-13-8-15(19)5-4-12(13)7-14/h2-5,7-8,10-11,16,20H,6,9H2,1H3,(H,21,22)/t11-,16-/m0/s1. The van der Waals surface area contributed by atoms with Crippen molar-refractivity contribution in [2.75, 3.05) is 6.54 Å². The highest BCUT2D eigenvalue weighted by molar-refractivity contribution is 9.10. The van der Waals surface area contributed by atoms with Gasteiger partial charge in [0.05, 0.1) is 17.9 Å². The molecule has 2 aromatic carbocycles. The highest BCUT2D eigenvalue weighted by atomic mass is 79.9. The van der Waals surface area contributed by atoms with E-state index < -0.39 is 0 Å². The van der Waals surface area contributed by atoms with Crippen LogP contribution >= 0.6 is 15.9 Å². The highest BCUT2D eigenvalue weighted by Gasteiger charge is 2.24. The van der Waals surface area contributed by atoms with E-state index in [0.29, 0.717) is 6.04 Å². The third kappa shape index (κ3) is 2.57. The fraction of sp³-hybridized carbons (Fsp3) is 0.278. The second-order valence-corrected chi connectivity index (χ2v) is 7.11. The number of H-pyrrole nitrogens is 1. The smallest absolute Gasteiger partial charge is 0.123 e. The van der Waals surface area contributed by atoms with Crippen molar-refractivity contribution in [1.29, 1.82) is 0 Å². The van der Waals surface area contributed by atoms with E-state index in [0.717, 1.165) is 34.9 Å². The SMILES string of the molecule is C[C@@H]1CN[C@H](c2ncc(-c3ccc4cc(Br)ccc4c3)[nH]2)C1. The average molecular weight is 356 g/mol. The third-order valence-electron chi connectivity index (χ3n) is 4.39. The molecule has 1 aliphatic heterocycles. The summed E-state index contributed by atoms with van der Waals surface area (Å²) < 4.78 is 1.11. The van der Waals surface area contributed by atoms with E-state index in [4.69, 9.17) is 0 Å². The van der Waals surface area contributed by atoms with Crippen LogP contribution in [-0.2, 0) is 0 Å². The molecule has 4 heteroatoms. The van der Waals surface area contributed by atoms with Gasteiger partial charge < -0.3 is 10.3 Å². The quantitative estimate of drug-likeness (QED) is 0.701. The zero-order valence-corrected chi connectivity index (χ0v) is 14.0. The van der Waals surface area contributed by atoms with E-state index in [1.807, 2.05) is 6.20 Å². The lowest BCUT2D eigenvalue weighted by Gasteiger charge is -2.06. The first-order chi connectivity index (χ1) is 10.7. The van der Waals surface area contributed by atoms with Gasteiger partial charge in [-0.3, -0.25) is 0 Å². The van der Waals surface area contributed by atoms with Gasteiger partial charge in [0.15, 0.2) is 0 Å². The molecule has 0 radical (unpaired) electrons. The molecule has 2 heterocycles. The lowest BCUT2D eigenvalue weighted by molar-refractivity contribution is 0.588. The molecular formula is C18H18BrN3. The zero-order chi connectivity index (χ0) is 15.1. The Bertz CT molecular complexity index is 824. The summed E-state index contributed by atoms with van der Waals surface area (Å²) in [5, 5.41) is 6.00. The molecule has 0 aliphatic carbocycles. The Morgan fingerprint density at radius 3 is 2.77 bits per heavy atom. The molecule has 2 N–H and O–H groups in total. The number of nitrogens with zero attached hydrogens (tertiary/aromatic N) is 1. The van der Waals surface area contributed by atoms with Crippen LogP contribution in [0.25, 0.3) is 22.0 Å². The van der Waals surface area contributed by atoms with E-state index in [-0.39, 0.29) is 0 Å². The molecule has 0 spiro atoms. The molecular weight excluding hydrogens is 338 g/mol. The molecule has 0 saturated carbocycles. The summed E-state index contributed by atoms with van der Waals surface area (Å²) in [7, 11) is 0. The van der Waals surface area contributed by atoms with E-state index in [9.17, 15) is 0 Å². The lowest BCUT2D eigenvalue weighted by atomic mass is 10.1. The predicted molar refractivity (Wildman–Crippen MR) is 93.8 cm³/mol. The first kappa shape index (κ1) is 14.0. The number of nitrogens with one attached hydrogen (secondary N) is 2. The van der Waals surface area contributed by atoms with Crippen molar-refractivity contribution < 1.29 is 0 Å². The Kier molecular flexibility index (Phi) is 3.51. The monoisotopic (exact) mass is 355 g/mol. The molecule has 0 amide bonds. The number of aromatic amines is 1. The summed E-state index contributed by atoms with van der Waals surface area (Å²) in [5.41, 5.74) is 2.26. The maximum Gasteiger partial charge on any atom is 0.123 e. The summed E-state index contributed by atoms with van der Waals surface area (Å²) in [6, 6.07) is 13.2. The van der Waals surface area contributed by atoms with Gasteiger partial charge in [0.2, 0.25) is 0 Å². The fourth-order valence-electron chi connectivity index (χ4n) is 3.17. The average Bonchev–Trinajstić information content (AvgIpc) is 3.15. The topological polar surface area (TPSA) is 40.7 Å². The minimum absolute atomic E-state index is 0.361. The summed E-state index contributed by atoms with van der Waals surface area (Å²) in [6.07, 6.45) is 3.10. The normalized spacial score (nSPS) is 21.5. The molecule has 0 bridgehead atoms. The van der Waals surface area contributed by atoms with Crippen molar-refractivity contribution in [1.82, 2.24) is 15.3 Å². The van der Waals surface area contributed by atoms with Crippen LogP contribution in [0.3, 0.4) is 0 Å². The van der Waals surface area contributed by atoms with E-state index >= 15 is 0 Å². The Labute approximate surface area is 138 Å². The molecule has 0 unspecified atom stereocenters. The van der Waals surface area contributed by atoms with Crippen LogP contribution in [0.15, 0.2) is 47.1 Å². The number of hydrogen-bond donors (Lipinski definition) is 2. The molecule has 1 fully saturated rings. The predicted octanol–water partition coefficient (Wildman–Crippen LogP) is 4.66. The van der Waals surface area contributed by atoms with Gasteiger partial charge in [-0.05, 0) is 47.9 Å². The molecule has 1 saturated heterocycles. The summed E-state index contributed by atoms with van der Waals surface area (Å²) in [5.74, 6) is 1.77. The first-order valence-electron chi connectivity index (χ1n) is 7.67.